The van der Waals surface area contributed by atoms with Gasteiger partial charge in [0, 0.05) is 24.3 Å². The predicted molar refractivity (Wildman–Crippen MR) is 67.7 cm³/mol. The molecule has 0 aliphatic carbocycles. The van der Waals surface area contributed by atoms with E-state index in [1.54, 1.807) is 0 Å². The maximum absolute atomic E-state index is 13.5. The lowest BCUT2D eigenvalue weighted by molar-refractivity contribution is 0.00993. The molecule has 1 aromatic carbocycles. The maximum Gasteiger partial charge on any atom is 0.133 e. The van der Waals surface area contributed by atoms with Crippen LogP contribution in [0.1, 0.15) is 43.0 Å². The Morgan fingerprint density at radius 3 is 2.47 bits per heavy atom. The van der Waals surface area contributed by atoms with Crippen molar-refractivity contribution in [1.82, 2.24) is 0 Å². The second-order valence-electron chi connectivity index (χ2n) is 4.82. The number of hydrogen-bond donors (Lipinski definition) is 0. The summed E-state index contributed by atoms with van der Waals surface area (Å²) >= 11 is 6.03. The molecule has 0 N–H and O–H groups in total. The van der Waals surface area contributed by atoms with Gasteiger partial charge in [-0.1, -0.05) is 0 Å². The Morgan fingerprint density at radius 2 is 1.89 bits per heavy atom. The smallest absolute Gasteiger partial charge is 0.133 e. The van der Waals surface area contributed by atoms with Crippen molar-refractivity contribution >= 4 is 11.6 Å². The minimum Gasteiger partial charge on any atom is -0.378 e. The second-order valence-corrected chi connectivity index (χ2v) is 5.34. The normalized spacial score (nSPS) is 21.4. The van der Waals surface area contributed by atoms with E-state index in [1.807, 2.05) is 0 Å². The van der Waals surface area contributed by atoms with Crippen LogP contribution in [0, 0.1) is 17.5 Å². The molecule has 0 amide bonds. The first-order valence-corrected chi connectivity index (χ1v) is 6.91. The zero-order chi connectivity index (χ0) is 13.8. The summed E-state index contributed by atoms with van der Waals surface area (Å²) in [6, 6.07) is 1.32. The molecular weight excluding hydrogens is 277 g/mol. The second kappa shape index (κ2) is 6.62. The highest BCUT2D eigenvalue weighted by Gasteiger charge is 2.22. The highest BCUT2D eigenvalue weighted by molar-refractivity contribution is 6.20. The molecule has 0 aromatic heterocycles. The molecule has 106 valence electrons. The van der Waals surface area contributed by atoms with E-state index in [4.69, 9.17) is 16.3 Å². The van der Waals surface area contributed by atoms with E-state index >= 15 is 0 Å². The number of alkyl halides is 1. The van der Waals surface area contributed by atoms with Gasteiger partial charge in [-0.15, -0.1) is 11.6 Å². The molecule has 19 heavy (non-hydrogen) atoms. The van der Waals surface area contributed by atoms with E-state index in [0.29, 0.717) is 25.0 Å². The van der Waals surface area contributed by atoms with Gasteiger partial charge in [0.15, 0.2) is 0 Å². The van der Waals surface area contributed by atoms with Gasteiger partial charge in [-0.25, -0.2) is 13.2 Å². The molecule has 0 spiro atoms. The van der Waals surface area contributed by atoms with Crippen molar-refractivity contribution in [3.05, 3.63) is 35.1 Å². The van der Waals surface area contributed by atoms with Crippen LogP contribution in [0.2, 0.25) is 0 Å². The Kier molecular flexibility index (Phi) is 5.11. The van der Waals surface area contributed by atoms with Gasteiger partial charge in [-0.3, -0.25) is 0 Å². The first kappa shape index (κ1) is 14.7. The molecule has 1 heterocycles. The zero-order valence-corrected chi connectivity index (χ0v) is 11.2. The Labute approximate surface area is 115 Å². The summed E-state index contributed by atoms with van der Waals surface area (Å²) in [5.74, 6) is -2.79. The molecule has 0 radical (unpaired) electrons. The van der Waals surface area contributed by atoms with Crippen LogP contribution >= 0.6 is 11.6 Å². The summed E-state index contributed by atoms with van der Waals surface area (Å²) in [5, 5.41) is -0.800. The number of hydrogen-bond acceptors (Lipinski definition) is 1. The summed E-state index contributed by atoms with van der Waals surface area (Å²) in [4.78, 5) is 0. The molecule has 1 nitrogen and oxygen atoms in total. The highest BCUT2D eigenvalue weighted by atomic mass is 35.5. The Bertz CT molecular complexity index is 410. The summed E-state index contributed by atoms with van der Waals surface area (Å²) in [7, 11) is 0. The van der Waals surface area contributed by atoms with E-state index in [1.165, 1.54) is 0 Å². The van der Waals surface area contributed by atoms with E-state index in [0.717, 1.165) is 25.9 Å². The molecule has 1 aliphatic heterocycles. The van der Waals surface area contributed by atoms with Gasteiger partial charge < -0.3 is 4.74 Å². The number of ether oxygens (including phenoxy) is 1. The van der Waals surface area contributed by atoms with Crippen molar-refractivity contribution < 1.29 is 17.9 Å². The molecule has 1 aromatic rings. The first-order valence-electron chi connectivity index (χ1n) is 6.48. The van der Waals surface area contributed by atoms with E-state index < -0.39 is 22.8 Å². The van der Waals surface area contributed by atoms with Crippen LogP contribution in [0.25, 0.3) is 0 Å². The lowest BCUT2D eigenvalue weighted by Crippen LogP contribution is -2.19. The fourth-order valence-corrected chi connectivity index (χ4v) is 2.70. The zero-order valence-electron chi connectivity index (χ0n) is 10.5. The van der Waals surface area contributed by atoms with E-state index in [9.17, 15) is 13.2 Å². The predicted octanol–water partition coefficient (Wildman–Crippen LogP) is 4.73. The molecular formula is C14H16ClF3O. The first-order chi connectivity index (χ1) is 9.08. The topological polar surface area (TPSA) is 9.23 Å². The maximum atomic E-state index is 13.5. The van der Waals surface area contributed by atoms with Crippen molar-refractivity contribution in [1.29, 1.82) is 0 Å². The third kappa shape index (κ3) is 3.86. The SMILES string of the molecule is Fc1cc(F)c(C(Cl)CCC2CCCCO2)c(F)c1. The highest BCUT2D eigenvalue weighted by Crippen LogP contribution is 2.32. The van der Waals surface area contributed by atoms with Gasteiger partial charge >= 0.3 is 0 Å². The van der Waals surface area contributed by atoms with Crippen molar-refractivity contribution in [2.24, 2.45) is 0 Å². The van der Waals surface area contributed by atoms with Crippen LogP contribution in [-0.4, -0.2) is 12.7 Å². The van der Waals surface area contributed by atoms with E-state index in [2.05, 4.69) is 0 Å². The number of rotatable bonds is 4. The van der Waals surface area contributed by atoms with Crippen LogP contribution < -0.4 is 0 Å². The van der Waals surface area contributed by atoms with Gasteiger partial charge in [0.1, 0.15) is 17.5 Å². The fourth-order valence-electron chi connectivity index (χ4n) is 2.36. The monoisotopic (exact) mass is 292 g/mol. The van der Waals surface area contributed by atoms with Crippen molar-refractivity contribution in [2.45, 2.75) is 43.6 Å². The molecule has 0 saturated carbocycles. The molecule has 2 rings (SSSR count). The lowest BCUT2D eigenvalue weighted by Gasteiger charge is -2.23. The third-order valence-electron chi connectivity index (χ3n) is 3.37. The summed E-state index contributed by atoms with van der Waals surface area (Å²) < 4.78 is 45.4. The van der Waals surface area contributed by atoms with Crippen LogP contribution in [-0.2, 0) is 4.74 Å². The summed E-state index contributed by atoms with van der Waals surface area (Å²) in [5.41, 5.74) is -0.251. The standard InChI is InChI=1S/C14H16ClF3O/c15-11(5-4-10-3-1-2-6-19-10)14-12(17)7-9(16)8-13(14)18/h7-8,10-11H,1-6H2. The van der Waals surface area contributed by atoms with Crippen LogP contribution in [0.3, 0.4) is 0 Å². The minimum atomic E-state index is -0.932. The number of benzene rings is 1. The lowest BCUT2D eigenvalue weighted by atomic mass is 10.00. The van der Waals surface area contributed by atoms with Gasteiger partial charge in [0.25, 0.3) is 0 Å². The van der Waals surface area contributed by atoms with Gasteiger partial charge in [0.2, 0.25) is 0 Å². The van der Waals surface area contributed by atoms with Crippen LogP contribution in [0.5, 0.6) is 0 Å². The van der Waals surface area contributed by atoms with Crippen molar-refractivity contribution in [2.75, 3.05) is 6.61 Å². The summed E-state index contributed by atoms with van der Waals surface area (Å²) in [6.07, 6.45) is 4.30. The van der Waals surface area contributed by atoms with Gasteiger partial charge in [0.05, 0.1) is 11.5 Å². The average molecular weight is 293 g/mol. The largest absolute Gasteiger partial charge is 0.378 e. The third-order valence-corrected chi connectivity index (χ3v) is 3.81. The average Bonchev–Trinajstić information content (AvgIpc) is 2.36. The van der Waals surface area contributed by atoms with Crippen molar-refractivity contribution in [3.8, 4) is 0 Å². The molecule has 1 aliphatic rings. The molecule has 1 saturated heterocycles. The van der Waals surface area contributed by atoms with Crippen molar-refractivity contribution in [3.63, 3.8) is 0 Å². The quantitative estimate of drug-likeness (QED) is 0.729. The molecule has 5 heteroatoms. The fraction of sp³-hybridized carbons (Fsp3) is 0.571. The van der Waals surface area contributed by atoms with Crippen LogP contribution in [0.15, 0.2) is 12.1 Å². The molecule has 0 bridgehead atoms. The Morgan fingerprint density at radius 1 is 1.21 bits per heavy atom. The van der Waals surface area contributed by atoms with Crippen LogP contribution in [0.4, 0.5) is 13.2 Å². The Hall–Kier alpha value is -0.740. The minimum absolute atomic E-state index is 0.113. The van der Waals surface area contributed by atoms with Gasteiger partial charge in [-0.2, -0.15) is 0 Å². The number of halogens is 4. The molecule has 2 atom stereocenters. The summed E-state index contributed by atoms with van der Waals surface area (Å²) in [6.45, 7) is 0.733. The molecule has 2 unspecified atom stereocenters. The van der Waals surface area contributed by atoms with E-state index in [-0.39, 0.29) is 11.7 Å². The van der Waals surface area contributed by atoms with Gasteiger partial charge in [-0.05, 0) is 32.1 Å². The molecule has 1 fully saturated rings. The Balaban J connectivity index is 1.97.